The zero-order chi connectivity index (χ0) is 19.9. The minimum absolute atomic E-state index is 0.0252. The average molecular weight is 384 g/mol. The van der Waals surface area contributed by atoms with E-state index < -0.39 is 5.54 Å². The van der Waals surface area contributed by atoms with Crippen molar-refractivity contribution < 1.29 is 14.0 Å². The van der Waals surface area contributed by atoms with E-state index in [0.29, 0.717) is 18.5 Å². The Bertz CT molecular complexity index is 894. The number of hydrogen-bond acceptors (Lipinski definition) is 3. The first-order valence-electron chi connectivity index (χ1n) is 9.76. The molecule has 4 rings (SSSR count). The highest BCUT2D eigenvalue weighted by Crippen LogP contribution is 2.45. The molecule has 0 aliphatic carbocycles. The maximum Gasteiger partial charge on any atom is 0.275 e. The number of halogens is 1. The second-order valence-electron chi connectivity index (χ2n) is 8.09. The topological polar surface area (TPSA) is 67.2 Å². The Morgan fingerprint density at radius 2 is 2.00 bits per heavy atom. The highest BCUT2D eigenvalue weighted by atomic mass is 19.1. The molecule has 0 radical (unpaired) electrons. The number of carbonyl (C=O) groups is 2. The molecule has 0 spiro atoms. The van der Waals surface area contributed by atoms with Gasteiger partial charge < -0.3 is 10.2 Å². The van der Waals surface area contributed by atoms with Gasteiger partial charge in [-0.25, -0.2) is 4.39 Å². The molecule has 1 N–H and O–H groups in total. The van der Waals surface area contributed by atoms with E-state index in [2.05, 4.69) is 10.4 Å². The Labute approximate surface area is 163 Å². The molecule has 6 nitrogen and oxygen atoms in total. The van der Waals surface area contributed by atoms with Crippen LogP contribution in [0.15, 0.2) is 36.5 Å². The number of aryl methyl sites for hydroxylation is 1. The van der Waals surface area contributed by atoms with Crippen LogP contribution < -0.4 is 5.32 Å². The summed E-state index contributed by atoms with van der Waals surface area (Å²) in [6.07, 6.45) is 5.36. The predicted molar refractivity (Wildman–Crippen MR) is 102 cm³/mol. The van der Waals surface area contributed by atoms with E-state index in [1.165, 1.54) is 12.1 Å². The zero-order valence-electron chi connectivity index (χ0n) is 16.2. The van der Waals surface area contributed by atoms with E-state index >= 15 is 0 Å². The van der Waals surface area contributed by atoms with Crippen molar-refractivity contribution in [2.75, 3.05) is 0 Å². The second-order valence-corrected chi connectivity index (χ2v) is 8.09. The monoisotopic (exact) mass is 384 g/mol. The number of amides is 2. The van der Waals surface area contributed by atoms with Crippen LogP contribution in [0.25, 0.3) is 0 Å². The Kier molecular flexibility index (Phi) is 4.69. The van der Waals surface area contributed by atoms with Gasteiger partial charge in [0.2, 0.25) is 5.91 Å². The molecule has 3 heterocycles. The minimum atomic E-state index is -0.527. The fourth-order valence-electron chi connectivity index (χ4n) is 4.66. The molecule has 2 aliphatic heterocycles. The molecule has 0 bridgehead atoms. The number of likely N-dealkylation sites (tertiary alicyclic amines) is 1. The van der Waals surface area contributed by atoms with E-state index in [1.807, 2.05) is 11.8 Å². The summed E-state index contributed by atoms with van der Waals surface area (Å²) in [6, 6.07) is 7.61. The first-order valence-corrected chi connectivity index (χ1v) is 9.76. The molecule has 0 saturated carbocycles. The molecule has 2 aliphatic rings. The fraction of sp³-hybridized carbons (Fsp3) is 0.476. The van der Waals surface area contributed by atoms with Crippen molar-refractivity contribution in [1.29, 1.82) is 0 Å². The molecule has 2 aromatic rings. The van der Waals surface area contributed by atoms with Gasteiger partial charge in [0, 0.05) is 19.7 Å². The Hall–Kier alpha value is -2.70. The van der Waals surface area contributed by atoms with Gasteiger partial charge in [0.1, 0.15) is 11.5 Å². The molecule has 0 unspecified atom stereocenters. The minimum Gasteiger partial charge on any atom is -0.349 e. The van der Waals surface area contributed by atoms with Crippen LogP contribution in [0.5, 0.6) is 0 Å². The summed E-state index contributed by atoms with van der Waals surface area (Å²) in [5, 5.41) is 7.47. The number of nitrogens with zero attached hydrogens (tertiary/aromatic N) is 3. The highest BCUT2D eigenvalue weighted by molar-refractivity contribution is 5.93. The third kappa shape index (κ3) is 3.30. The summed E-state index contributed by atoms with van der Waals surface area (Å²) in [7, 11) is 1.78. The molecule has 3 atom stereocenters. The molecule has 2 saturated heterocycles. The number of benzene rings is 1. The largest absolute Gasteiger partial charge is 0.349 e. The van der Waals surface area contributed by atoms with Crippen molar-refractivity contribution >= 4 is 11.8 Å². The molecule has 2 fully saturated rings. The van der Waals surface area contributed by atoms with Crippen LogP contribution in [0.3, 0.4) is 0 Å². The SMILES string of the molecule is Cn1ccc(C(=O)N2[C@H]3CCCCC(=O)N[C@@]3(C)C[C@H]2c2ccc(F)cc2)n1. The number of rotatable bonds is 2. The number of carbonyl (C=O) groups excluding carboxylic acids is 2. The van der Waals surface area contributed by atoms with E-state index in [9.17, 15) is 14.0 Å². The summed E-state index contributed by atoms with van der Waals surface area (Å²) in [5.74, 6) is -0.439. The van der Waals surface area contributed by atoms with Crippen LogP contribution in [0, 0.1) is 5.82 Å². The Morgan fingerprint density at radius 3 is 2.68 bits per heavy atom. The van der Waals surface area contributed by atoms with Crippen molar-refractivity contribution in [2.45, 2.75) is 56.7 Å². The first kappa shape index (κ1) is 18.7. The number of aromatic nitrogens is 2. The smallest absolute Gasteiger partial charge is 0.275 e. The molecule has 1 aromatic heterocycles. The summed E-state index contributed by atoms with van der Waals surface area (Å²) in [5.41, 5.74) is 0.723. The van der Waals surface area contributed by atoms with Gasteiger partial charge in [0.05, 0.1) is 17.6 Å². The van der Waals surface area contributed by atoms with Crippen molar-refractivity contribution in [1.82, 2.24) is 20.0 Å². The van der Waals surface area contributed by atoms with Crippen LogP contribution in [0.2, 0.25) is 0 Å². The van der Waals surface area contributed by atoms with Crippen LogP contribution in [-0.2, 0) is 11.8 Å². The summed E-state index contributed by atoms with van der Waals surface area (Å²) in [4.78, 5) is 27.7. The fourth-order valence-corrected chi connectivity index (χ4v) is 4.66. The quantitative estimate of drug-likeness (QED) is 0.866. The van der Waals surface area contributed by atoms with Gasteiger partial charge in [-0.2, -0.15) is 5.10 Å². The molecule has 2 amide bonds. The third-order valence-corrected chi connectivity index (χ3v) is 6.00. The molecular formula is C21H25FN4O2. The normalized spacial score (nSPS) is 27.7. The first-order chi connectivity index (χ1) is 13.4. The maximum atomic E-state index is 13.5. The zero-order valence-corrected chi connectivity index (χ0v) is 16.2. The standard InChI is InChI=1S/C21H25FN4O2/c1-21-13-17(14-7-9-15(22)10-8-14)26(20(28)16-11-12-25(2)24-16)18(21)5-3-4-6-19(27)23-21/h7-12,17-18H,3-6,13H2,1-2H3,(H,23,27)/t17-,18-,21-/m0/s1. The molecule has 7 heteroatoms. The Balaban J connectivity index is 1.77. The van der Waals surface area contributed by atoms with Gasteiger partial charge in [0.25, 0.3) is 5.91 Å². The number of fused-ring (bicyclic) bond motifs is 1. The van der Waals surface area contributed by atoms with Crippen molar-refractivity contribution in [3.63, 3.8) is 0 Å². The summed E-state index contributed by atoms with van der Waals surface area (Å²) < 4.78 is 15.1. The molecule has 1 aromatic carbocycles. The maximum absolute atomic E-state index is 13.5. The number of hydrogen-bond donors (Lipinski definition) is 1. The van der Waals surface area contributed by atoms with Crippen LogP contribution in [-0.4, -0.2) is 38.1 Å². The van der Waals surface area contributed by atoms with Gasteiger partial charge in [-0.05, 0) is 49.9 Å². The van der Waals surface area contributed by atoms with Gasteiger partial charge in [-0.3, -0.25) is 14.3 Å². The van der Waals surface area contributed by atoms with E-state index in [1.54, 1.807) is 36.1 Å². The van der Waals surface area contributed by atoms with E-state index in [4.69, 9.17) is 0 Å². The van der Waals surface area contributed by atoms with Gasteiger partial charge in [0.15, 0.2) is 0 Å². The third-order valence-electron chi connectivity index (χ3n) is 6.00. The highest BCUT2D eigenvalue weighted by Gasteiger charge is 2.52. The molecule has 28 heavy (non-hydrogen) atoms. The van der Waals surface area contributed by atoms with E-state index in [0.717, 1.165) is 24.8 Å². The Morgan fingerprint density at radius 1 is 1.25 bits per heavy atom. The lowest BCUT2D eigenvalue weighted by Crippen LogP contribution is -2.56. The van der Waals surface area contributed by atoms with Gasteiger partial charge in [-0.15, -0.1) is 0 Å². The summed E-state index contributed by atoms with van der Waals surface area (Å²) in [6.45, 7) is 2.02. The van der Waals surface area contributed by atoms with E-state index in [-0.39, 0.29) is 29.7 Å². The van der Waals surface area contributed by atoms with Gasteiger partial charge in [-0.1, -0.05) is 18.6 Å². The van der Waals surface area contributed by atoms with Crippen LogP contribution in [0.4, 0.5) is 4.39 Å². The second kappa shape index (κ2) is 7.04. The summed E-state index contributed by atoms with van der Waals surface area (Å²) >= 11 is 0. The molecular weight excluding hydrogens is 359 g/mol. The number of nitrogens with one attached hydrogen (secondary N) is 1. The van der Waals surface area contributed by atoms with Crippen LogP contribution >= 0.6 is 0 Å². The van der Waals surface area contributed by atoms with Crippen LogP contribution in [0.1, 0.15) is 61.1 Å². The average Bonchev–Trinajstić information content (AvgIpc) is 3.19. The van der Waals surface area contributed by atoms with Crippen molar-refractivity contribution in [3.05, 3.63) is 53.6 Å². The lowest BCUT2D eigenvalue weighted by atomic mass is 9.85. The van der Waals surface area contributed by atoms with Crippen molar-refractivity contribution in [2.24, 2.45) is 7.05 Å². The van der Waals surface area contributed by atoms with Gasteiger partial charge >= 0.3 is 0 Å². The lowest BCUT2D eigenvalue weighted by Gasteiger charge is -2.38. The predicted octanol–water partition coefficient (Wildman–Crippen LogP) is 2.96. The lowest BCUT2D eigenvalue weighted by molar-refractivity contribution is -0.123. The van der Waals surface area contributed by atoms with Crippen molar-refractivity contribution in [3.8, 4) is 0 Å². The molecule has 148 valence electrons.